The lowest BCUT2D eigenvalue weighted by Gasteiger charge is -2.39. The molecule has 0 spiro atoms. The van der Waals surface area contributed by atoms with E-state index >= 15 is 0 Å². The van der Waals surface area contributed by atoms with Crippen molar-refractivity contribution in [3.63, 3.8) is 0 Å². The molecular formula is C15H21NO10S2. The van der Waals surface area contributed by atoms with Crippen LogP contribution in [-0.2, 0) is 25.8 Å². The lowest BCUT2D eigenvalue weighted by Crippen LogP contribution is -2.57. The number of aliphatic hydroxyl groups excluding tert-OH is 5. The molecule has 1 fully saturated rings. The third kappa shape index (κ3) is 6.37. The molecule has 0 unspecified atom stereocenters. The van der Waals surface area contributed by atoms with Gasteiger partial charge < -0.3 is 30.3 Å². The maximum atomic E-state index is 10.8. The van der Waals surface area contributed by atoms with Gasteiger partial charge in [0.25, 0.3) is 0 Å². The fourth-order valence-electron chi connectivity index (χ4n) is 2.45. The molecule has 6 N–H and O–H groups in total. The highest BCUT2D eigenvalue weighted by molar-refractivity contribution is 8.14. The fourth-order valence-corrected chi connectivity index (χ4v) is 3.73. The average Bonchev–Trinajstić information content (AvgIpc) is 2.65. The molecule has 6 atom stereocenters. The number of rotatable bonds is 7. The van der Waals surface area contributed by atoms with Crippen LogP contribution < -0.4 is 0 Å². The highest BCUT2D eigenvalue weighted by atomic mass is 32.3. The maximum absolute atomic E-state index is 10.8. The third-order valence-corrected chi connectivity index (χ3v) is 5.34. The van der Waals surface area contributed by atoms with Gasteiger partial charge in [-0.3, -0.25) is 4.55 Å². The van der Waals surface area contributed by atoms with E-state index in [1.807, 2.05) is 0 Å². The van der Waals surface area contributed by atoms with Crippen LogP contribution in [0.1, 0.15) is 5.56 Å². The monoisotopic (exact) mass is 439 g/mol. The number of thioether (sulfide) groups is 1. The summed E-state index contributed by atoms with van der Waals surface area (Å²) in [5.41, 5.74) is -0.659. The van der Waals surface area contributed by atoms with Crippen LogP contribution in [0.5, 0.6) is 0 Å². The smallest absolute Gasteiger partial charge is 0.394 e. The van der Waals surface area contributed by atoms with Gasteiger partial charge in [-0.15, -0.1) is 0 Å². The normalized spacial score (nSPS) is 30.1. The summed E-state index contributed by atoms with van der Waals surface area (Å²) >= 11 is 0.512. The van der Waals surface area contributed by atoms with Crippen LogP contribution in [-0.4, -0.2) is 86.1 Å². The number of oxime groups is 1. The second-order valence-electron chi connectivity index (χ2n) is 5.95. The van der Waals surface area contributed by atoms with Crippen molar-refractivity contribution < 1.29 is 47.5 Å². The molecule has 28 heavy (non-hydrogen) atoms. The predicted molar refractivity (Wildman–Crippen MR) is 97.6 cm³/mol. The molecule has 0 saturated carbocycles. The van der Waals surface area contributed by atoms with Gasteiger partial charge in [-0.05, 0) is 5.56 Å². The van der Waals surface area contributed by atoms with Gasteiger partial charge in [0.15, 0.2) is 0 Å². The Bertz CT molecular complexity index is 757. The van der Waals surface area contributed by atoms with Crippen molar-refractivity contribution >= 4 is 27.2 Å². The van der Waals surface area contributed by atoms with Crippen molar-refractivity contribution in [2.24, 2.45) is 5.16 Å². The van der Waals surface area contributed by atoms with E-state index in [-0.39, 0.29) is 11.5 Å². The van der Waals surface area contributed by atoms with Crippen molar-refractivity contribution in [1.29, 1.82) is 0 Å². The summed E-state index contributed by atoms with van der Waals surface area (Å²) in [6.07, 6.45) is -7.53. The molecule has 13 heteroatoms. The van der Waals surface area contributed by atoms with Crippen LogP contribution in [0.25, 0.3) is 0 Å². The molecule has 1 heterocycles. The number of hydrogen-bond acceptors (Lipinski definition) is 11. The molecule has 2 rings (SSSR count). The zero-order valence-corrected chi connectivity index (χ0v) is 16.0. The Balaban J connectivity index is 2.21. The molecule has 1 aliphatic rings. The molecule has 1 aromatic rings. The van der Waals surface area contributed by atoms with Gasteiger partial charge in [0.2, 0.25) is 0 Å². The molecular weight excluding hydrogens is 418 g/mol. The first kappa shape index (κ1) is 23.0. The molecule has 1 saturated heterocycles. The van der Waals surface area contributed by atoms with Gasteiger partial charge >= 0.3 is 10.4 Å². The van der Waals surface area contributed by atoms with Gasteiger partial charge in [-0.25, -0.2) is 4.28 Å². The number of ether oxygens (including phenoxy) is 1. The van der Waals surface area contributed by atoms with E-state index in [1.165, 1.54) is 0 Å². The summed E-state index contributed by atoms with van der Waals surface area (Å²) in [6, 6.07) is 8.59. The van der Waals surface area contributed by atoms with Gasteiger partial charge in [-0.1, -0.05) is 47.2 Å². The molecule has 1 aromatic carbocycles. The van der Waals surface area contributed by atoms with E-state index in [4.69, 9.17) is 9.29 Å². The molecule has 0 radical (unpaired) electrons. The van der Waals surface area contributed by atoms with E-state index in [2.05, 4.69) is 9.44 Å². The Hall–Kier alpha value is -1.29. The van der Waals surface area contributed by atoms with Crippen molar-refractivity contribution in [3.05, 3.63) is 35.9 Å². The van der Waals surface area contributed by atoms with Gasteiger partial charge in [0.05, 0.1) is 6.61 Å². The zero-order valence-electron chi connectivity index (χ0n) is 14.3. The first-order valence-corrected chi connectivity index (χ1v) is 10.3. The third-order valence-electron chi connectivity index (χ3n) is 3.86. The Morgan fingerprint density at radius 1 is 1.18 bits per heavy atom. The lowest BCUT2D eigenvalue weighted by atomic mass is 10.0. The van der Waals surface area contributed by atoms with Crippen LogP contribution in [0.2, 0.25) is 0 Å². The highest BCUT2D eigenvalue weighted by Gasteiger charge is 2.44. The molecule has 0 amide bonds. The minimum absolute atomic E-state index is 0.0149. The summed E-state index contributed by atoms with van der Waals surface area (Å²) in [5.74, 6) is 0. The number of aliphatic hydroxyl groups is 5. The molecule has 1 aliphatic heterocycles. The largest absolute Gasteiger partial charge is 0.466 e. The standard InChI is InChI=1S/C15H21NO10S2/c17-7-10-11(19)12(20)13(21)15(25-10)27-14(16-26-28(22,23)24)9(18)6-8-4-2-1-3-5-8/h1-5,9-13,15,17-21H,6-7H2,(H,22,23,24)/b16-14-/t9-,10+,11+,12-,13+,15-/m0/s1. The predicted octanol–water partition coefficient (Wildman–Crippen LogP) is -1.74. The molecule has 158 valence electrons. The summed E-state index contributed by atoms with van der Waals surface area (Å²) in [7, 11) is -4.96. The molecule has 11 nitrogen and oxygen atoms in total. The van der Waals surface area contributed by atoms with Gasteiger partial charge in [0, 0.05) is 6.42 Å². The van der Waals surface area contributed by atoms with Crippen molar-refractivity contribution in [3.8, 4) is 0 Å². The van der Waals surface area contributed by atoms with E-state index < -0.39 is 53.0 Å². The zero-order chi connectivity index (χ0) is 20.9. The summed E-state index contributed by atoms with van der Waals surface area (Å²) in [4.78, 5) is 0. The summed E-state index contributed by atoms with van der Waals surface area (Å²) in [5, 5.41) is 52.2. The number of nitrogens with zero attached hydrogens (tertiary/aromatic N) is 1. The van der Waals surface area contributed by atoms with E-state index in [9.17, 15) is 34.0 Å². The van der Waals surface area contributed by atoms with E-state index in [0.717, 1.165) is 0 Å². The number of hydrogen-bond donors (Lipinski definition) is 6. The highest BCUT2D eigenvalue weighted by Crippen LogP contribution is 2.30. The van der Waals surface area contributed by atoms with Crippen LogP contribution >= 0.6 is 11.8 Å². The Morgan fingerprint density at radius 2 is 1.82 bits per heavy atom. The second-order valence-corrected chi connectivity index (χ2v) is 8.08. The van der Waals surface area contributed by atoms with Gasteiger partial charge in [0.1, 0.15) is 41.0 Å². The second kappa shape index (κ2) is 9.96. The Labute approximate surface area is 165 Å². The average molecular weight is 439 g/mol. The molecule has 0 aliphatic carbocycles. The van der Waals surface area contributed by atoms with Crippen LogP contribution in [0.3, 0.4) is 0 Å². The van der Waals surface area contributed by atoms with Gasteiger partial charge in [-0.2, -0.15) is 8.42 Å². The number of benzene rings is 1. The molecule has 0 aromatic heterocycles. The van der Waals surface area contributed by atoms with Crippen molar-refractivity contribution in [2.75, 3.05) is 6.61 Å². The topological polar surface area (TPSA) is 186 Å². The van der Waals surface area contributed by atoms with Crippen LogP contribution in [0.15, 0.2) is 35.5 Å². The Morgan fingerprint density at radius 3 is 2.39 bits per heavy atom. The quantitative estimate of drug-likeness (QED) is 0.122. The Kier molecular flexibility index (Phi) is 8.18. The van der Waals surface area contributed by atoms with E-state index in [0.29, 0.717) is 17.3 Å². The minimum atomic E-state index is -4.96. The van der Waals surface area contributed by atoms with Crippen molar-refractivity contribution in [1.82, 2.24) is 0 Å². The first-order valence-electron chi connectivity index (χ1n) is 8.05. The SMILES string of the molecule is O=S(=O)(O)O/N=C(\S[C@@H]1O[C@H](CO)[C@@H](O)[C@H](O)[C@H]1O)[C@@H](O)Cc1ccccc1. The lowest BCUT2D eigenvalue weighted by molar-refractivity contribution is -0.205. The minimum Gasteiger partial charge on any atom is -0.394 e. The van der Waals surface area contributed by atoms with Crippen LogP contribution in [0.4, 0.5) is 0 Å². The maximum Gasteiger partial charge on any atom is 0.466 e. The summed E-state index contributed by atoms with van der Waals surface area (Å²) < 4.78 is 39.6. The van der Waals surface area contributed by atoms with E-state index in [1.54, 1.807) is 30.3 Å². The van der Waals surface area contributed by atoms with Crippen molar-refractivity contribution in [2.45, 2.75) is 42.4 Å². The first-order chi connectivity index (χ1) is 13.1. The summed E-state index contributed by atoms with van der Waals surface area (Å²) in [6.45, 7) is -0.664. The molecule has 0 bridgehead atoms. The fraction of sp³-hybridized carbons (Fsp3) is 0.533. The van der Waals surface area contributed by atoms with Crippen LogP contribution in [0, 0.1) is 0 Å².